The van der Waals surface area contributed by atoms with E-state index in [2.05, 4.69) is 26.7 Å². The number of ether oxygens (including phenoxy) is 1. The van der Waals surface area contributed by atoms with Gasteiger partial charge in [0.15, 0.2) is 0 Å². The van der Waals surface area contributed by atoms with Gasteiger partial charge in [-0.25, -0.2) is 9.97 Å². The molecule has 0 saturated carbocycles. The molecule has 0 unspecified atom stereocenters. The molecule has 0 aliphatic heterocycles. The maximum absolute atomic E-state index is 12.6. The number of hydrogen-bond donors (Lipinski definition) is 2. The van der Waals surface area contributed by atoms with Crippen LogP contribution in [0, 0.1) is 11.3 Å². The zero-order valence-corrected chi connectivity index (χ0v) is 17.1. The smallest absolute Gasteiger partial charge is 0.270 e. The van der Waals surface area contributed by atoms with Crippen molar-refractivity contribution in [1.29, 1.82) is 5.26 Å². The Morgan fingerprint density at radius 1 is 1.06 bits per heavy atom. The van der Waals surface area contributed by atoms with Crippen LogP contribution in [0.5, 0.6) is 5.75 Å². The van der Waals surface area contributed by atoms with Crippen LogP contribution in [-0.4, -0.2) is 28.9 Å². The first kappa shape index (κ1) is 21.5. The van der Waals surface area contributed by atoms with Gasteiger partial charge in [0.1, 0.15) is 23.5 Å². The summed E-state index contributed by atoms with van der Waals surface area (Å²) in [5.41, 5.74) is 2.44. The molecule has 0 radical (unpaired) electrons. The molecule has 0 bridgehead atoms. The van der Waals surface area contributed by atoms with E-state index in [1.54, 1.807) is 31.4 Å². The van der Waals surface area contributed by atoms with E-state index < -0.39 is 11.8 Å². The summed E-state index contributed by atoms with van der Waals surface area (Å²) in [6.45, 7) is 2.11. The van der Waals surface area contributed by atoms with E-state index >= 15 is 0 Å². The average molecular weight is 415 g/mol. The Kier molecular flexibility index (Phi) is 6.91. The van der Waals surface area contributed by atoms with Crippen molar-refractivity contribution in [2.24, 2.45) is 0 Å². The van der Waals surface area contributed by atoms with Crippen molar-refractivity contribution >= 4 is 11.8 Å². The monoisotopic (exact) mass is 415 g/mol. The van der Waals surface area contributed by atoms with E-state index in [-0.39, 0.29) is 24.0 Å². The maximum Gasteiger partial charge on any atom is 0.270 e. The van der Waals surface area contributed by atoms with Crippen LogP contribution in [0.2, 0.25) is 0 Å². The first-order chi connectivity index (χ1) is 15.0. The van der Waals surface area contributed by atoms with Gasteiger partial charge in [-0.1, -0.05) is 24.3 Å². The molecular weight excluding hydrogens is 394 g/mol. The van der Waals surface area contributed by atoms with Crippen LogP contribution < -0.4 is 15.4 Å². The number of amides is 2. The quantitative estimate of drug-likeness (QED) is 0.613. The van der Waals surface area contributed by atoms with Gasteiger partial charge in [0.25, 0.3) is 11.8 Å². The average Bonchev–Trinajstić information content (AvgIpc) is 2.82. The molecule has 2 amide bonds. The number of nitriles is 1. The molecule has 1 aromatic heterocycles. The molecule has 0 aliphatic carbocycles. The standard InChI is InChI=1S/C23H21N5O3/c1-15(18-8-6-16(12-24)7-9-18)28-23(30)21-11-20(26-14-27-21)22(29)25-13-17-4-3-5-19(10-17)31-2/h3-11,14-15H,13H2,1-2H3,(H,25,29)(H,28,30)/t15-/m1/s1. The maximum atomic E-state index is 12.6. The first-order valence-corrected chi connectivity index (χ1v) is 9.54. The molecule has 2 aromatic carbocycles. The van der Waals surface area contributed by atoms with Gasteiger partial charge in [0.05, 0.1) is 24.8 Å². The molecule has 3 aromatic rings. The molecule has 0 aliphatic rings. The molecule has 8 heteroatoms. The van der Waals surface area contributed by atoms with Crippen LogP contribution in [-0.2, 0) is 6.54 Å². The number of carbonyl (C=O) groups is 2. The number of methoxy groups -OCH3 is 1. The number of benzene rings is 2. The van der Waals surface area contributed by atoms with Crippen LogP contribution in [0.3, 0.4) is 0 Å². The third-order valence-corrected chi connectivity index (χ3v) is 4.61. The summed E-state index contributed by atoms with van der Waals surface area (Å²) in [6, 6.07) is 17.4. The van der Waals surface area contributed by atoms with E-state index in [9.17, 15) is 9.59 Å². The minimum absolute atomic E-state index is 0.0852. The minimum atomic E-state index is -0.430. The lowest BCUT2D eigenvalue weighted by Crippen LogP contribution is -2.29. The van der Waals surface area contributed by atoms with Crippen molar-refractivity contribution in [3.8, 4) is 11.8 Å². The highest BCUT2D eigenvalue weighted by atomic mass is 16.5. The van der Waals surface area contributed by atoms with Gasteiger partial charge in [-0.15, -0.1) is 0 Å². The Labute approximate surface area is 179 Å². The normalized spacial score (nSPS) is 11.1. The first-order valence-electron chi connectivity index (χ1n) is 9.54. The van der Waals surface area contributed by atoms with Crippen LogP contribution in [0.15, 0.2) is 60.9 Å². The number of nitrogens with zero attached hydrogens (tertiary/aromatic N) is 3. The largest absolute Gasteiger partial charge is 0.497 e. The molecule has 1 heterocycles. The fraction of sp³-hybridized carbons (Fsp3) is 0.174. The molecular formula is C23H21N5O3. The molecule has 3 rings (SSSR count). The second-order valence-electron chi connectivity index (χ2n) is 6.75. The third kappa shape index (κ3) is 5.64. The SMILES string of the molecule is COc1cccc(CNC(=O)c2cc(C(=O)N[C@H](C)c3ccc(C#N)cc3)ncn2)c1. The summed E-state index contributed by atoms with van der Waals surface area (Å²) in [4.78, 5) is 33.0. The minimum Gasteiger partial charge on any atom is -0.497 e. The summed E-state index contributed by atoms with van der Waals surface area (Å²) in [7, 11) is 1.58. The Bertz CT molecular complexity index is 1120. The van der Waals surface area contributed by atoms with Gasteiger partial charge >= 0.3 is 0 Å². The second kappa shape index (κ2) is 9.98. The summed E-state index contributed by atoms with van der Waals surface area (Å²) in [5, 5.41) is 14.5. The number of aromatic nitrogens is 2. The zero-order valence-electron chi connectivity index (χ0n) is 17.1. The van der Waals surface area contributed by atoms with Gasteiger partial charge < -0.3 is 15.4 Å². The van der Waals surface area contributed by atoms with Gasteiger partial charge in [0.2, 0.25) is 0 Å². The summed E-state index contributed by atoms with van der Waals surface area (Å²) >= 11 is 0. The van der Waals surface area contributed by atoms with Crippen LogP contribution in [0.4, 0.5) is 0 Å². The van der Waals surface area contributed by atoms with E-state index in [0.717, 1.165) is 11.1 Å². The molecule has 0 spiro atoms. The van der Waals surface area contributed by atoms with Gasteiger partial charge in [0, 0.05) is 12.6 Å². The molecule has 8 nitrogen and oxygen atoms in total. The second-order valence-corrected chi connectivity index (χ2v) is 6.75. The fourth-order valence-corrected chi connectivity index (χ4v) is 2.86. The van der Waals surface area contributed by atoms with Crippen LogP contribution in [0.1, 0.15) is 50.6 Å². The van der Waals surface area contributed by atoms with E-state index in [1.165, 1.54) is 12.4 Å². The predicted molar refractivity (Wildman–Crippen MR) is 113 cm³/mol. The Hall–Kier alpha value is -4.25. The van der Waals surface area contributed by atoms with Crippen molar-refractivity contribution in [2.45, 2.75) is 19.5 Å². The molecule has 2 N–H and O–H groups in total. The molecule has 0 fully saturated rings. The lowest BCUT2D eigenvalue weighted by molar-refractivity contribution is 0.0934. The summed E-state index contributed by atoms with van der Waals surface area (Å²) < 4.78 is 5.17. The summed E-state index contributed by atoms with van der Waals surface area (Å²) in [5.74, 6) is -0.148. The van der Waals surface area contributed by atoms with Crippen molar-refractivity contribution < 1.29 is 14.3 Å². The van der Waals surface area contributed by atoms with E-state index in [4.69, 9.17) is 10.00 Å². The van der Waals surface area contributed by atoms with Crippen LogP contribution >= 0.6 is 0 Å². The number of hydrogen-bond acceptors (Lipinski definition) is 6. The Morgan fingerprint density at radius 3 is 2.45 bits per heavy atom. The van der Waals surface area contributed by atoms with Crippen molar-refractivity contribution in [3.05, 3.63) is 89.0 Å². The zero-order chi connectivity index (χ0) is 22.2. The Balaban J connectivity index is 1.63. The molecule has 0 saturated heterocycles. The lowest BCUT2D eigenvalue weighted by atomic mass is 10.1. The fourth-order valence-electron chi connectivity index (χ4n) is 2.86. The van der Waals surface area contributed by atoms with Crippen molar-refractivity contribution in [1.82, 2.24) is 20.6 Å². The Morgan fingerprint density at radius 2 is 1.77 bits per heavy atom. The summed E-state index contributed by atoms with van der Waals surface area (Å²) in [6.07, 6.45) is 1.18. The van der Waals surface area contributed by atoms with E-state index in [1.807, 2.05) is 31.2 Å². The molecule has 156 valence electrons. The number of rotatable bonds is 7. The highest BCUT2D eigenvalue weighted by molar-refractivity contribution is 5.97. The third-order valence-electron chi connectivity index (χ3n) is 4.61. The van der Waals surface area contributed by atoms with Gasteiger partial charge in [-0.2, -0.15) is 5.26 Å². The van der Waals surface area contributed by atoms with Gasteiger partial charge in [-0.05, 0) is 42.3 Å². The topological polar surface area (TPSA) is 117 Å². The molecule has 31 heavy (non-hydrogen) atoms. The van der Waals surface area contributed by atoms with Crippen LogP contribution in [0.25, 0.3) is 0 Å². The van der Waals surface area contributed by atoms with Crippen molar-refractivity contribution in [3.63, 3.8) is 0 Å². The van der Waals surface area contributed by atoms with Crippen molar-refractivity contribution in [2.75, 3.05) is 7.11 Å². The van der Waals surface area contributed by atoms with Gasteiger partial charge in [-0.3, -0.25) is 9.59 Å². The highest BCUT2D eigenvalue weighted by Gasteiger charge is 2.16. The number of carbonyl (C=O) groups excluding carboxylic acids is 2. The number of nitrogens with one attached hydrogen (secondary N) is 2. The molecule has 1 atom stereocenters. The predicted octanol–water partition coefficient (Wildman–Crippen LogP) is 2.78. The lowest BCUT2D eigenvalue weighted by Gasteiger charge is -2.14. The van der Waals surface area contributed by atoms with E-state index in [0.29, 0.717) is 11.3 Å². The highest BCUT2D eigenvalue weighted by Crippen LogP contribution is 2.14.